The zero-order valence-electron chi connectivity index (χ0n) is 21.2. The van der Waals surface area contributed by atoms with E-state index in [2.05, 4.69) is 17.0 Å². The Morgan fingerprint density at radius 1 is 0.946 bits per heavy atom. The Morgan fingerprint density at radius 3 is 2.30 bits per heavy atom. The molecule has 0 radical (unpaired) electrons. The van der Waals surface area contributed by atoms with Crippen molar-refractivity contribution in [1.82, 2.24) is 4.90 Å². The summed E-state index contributed by atoms with van der Waals surface area (Å²) in [7, 11) is -3.77. The number of fused-ring (bicyclic) bond motifs is 1. The van der Waals surface area contributed by atoms with Gasteiger partial charge in [0.25, 0.3) is 10.0 Å². The first-order valence-corrected chi connectivity index (χ1v) is 14.4. The molecule has 0 saturated carbocycles. The van der Waals surface area contributed by atoms with Crippen molar-refractivity contribution in [2.75, 3.05) is 28.8 Å². The van der Waals surface area contributed by atoms with E-state index in [1.54, 1.807) is 22.2 Å². The highest BCUT2D eigenvalue weighted by Crippen LogP contribution is 2.36. The van der Waals surface area contributed by atoms with Crippen LogP contribution in [0.4, 0.5) is 11.4 Å². The highest BCUT2D eigenvalue weighted by atomic mass is 32.2. The maximum Gasteiger partial charge on any atom is 0.257 e. The van der Waals surface area contributed by atoms with E-state index in [9.17, 15) is 13.2 Å². The van der Waals surface area contributed by atoms with Gasteiger partial charge >= 0.3 is 0 Å². The third-order valence-electron chi connectivity index (χ3n) is 7.24. The number of nitrogens with zero attached hydrogens (tertiary/aromatic N) is 3. The molecule has 3 aromatic rings. The van der Waals surface area contributed by atoms with Crippen molar-refractivity contribution in [3.8, 4) is 0 Å². The predicted octanol–water partition coefficient (Wildman–Crippen LogP) is 5.07. The number of likely N-dealkylation sites (tertiary alicyclic amines) is 1. The maximum atomic E-state index is 13.8. The molecule has 0 bridgehead atoms. The van der Waals surface area contributed by atoms with Crippen LogP contribution in [0.5, 0.6) is 0 Å². The summed E-state index contributed by atoms with van der Waals surface area (Å²) in [6.45, 7) is 4.69. The summed E-state index contributed by atoms with van der Waals surface area (Å²) < 4.78 is 29.3. The molecular formula is C30H33N3O3S. The van der Waals surface area contributed by atoms with E-state index in [1.165, 1.54) is 11.0 Å². The molecule has 5 rings (SSSR count). The van der Waals surface area contributed by atoms with Gasteiger partial charge < -0.3 is 4.90 Å². The van der Waals surface area contributed by atoms with Crippen molar-refractivity contribution in [2.24, 2.45) is 0 Å². The van der Waals surface area contributed by atoms with Crippen molar-refractivity contribution in [3.05, 3.63) is 101 Å². The second-order valence-corrected chi connectivity index (χ2v) is 11.5. The number of carbonyl (C=O) groups excluding carboxylic acids is 1. The fraction of sp³-hybridized carbons (Fsp3) is 0.300. The van der Waals surface area contributed by atoms with Gasteiger partial charge in [0.05, 0.1) is 11.1 Å². The van der Waals surface area contributed by atoms with Gasteiger partial charge in [-0.2, -0.15) is 0 Å². The first kappa shape index (κ1) is 25.2. The van der Waals surface area contributed by atoms with E-state index in [0.717, 1.165) is 55.7 Å². The average molecular weight is 516 g/mol. The molecule has 0 N–H and O–H groups in total. The maximum absolute atomic E-state index is 13.8. The largest absolute Gasteiger partial charge is 0.312 e. The van der Waals surface area contributed by atoms with Crippen LogP contribution in [0, 0.1) is 0 Å². The second kappa shape index (κ2) is 10.9. The topological polar surface area (TPSA) is 60.9 Å². The third-order valence-corrected chi connectivity index (χ3v) is 8.78. The van der Waals surface area contributed by atoms with Gasteiger partial charge in [-0.15, -0.1) is 0 Å². The monoisotopic (exact) mass is 515 g/mol. The van der Waals surface area contributed by atoms with Crippen LogP contribution in [0.3, 0.4) is 0 Å². The van der Waals surface area contributed by atoms with Gasteiger partial charge in [-0.05, 0) is 54.2 Å². The Hall–Kier alpha value is -3.42. The minimum atomic E-state index is -3.77. The zero-order valence-corrected chi connectivity index (χ0v) is 22.0. The molecule has 6 nitrogen and oxygen atoms in total. The van der Waals surface area contributed by atoms with E-state index in [1.807, 2.05) is 66.7 Å². The summed E-state index contributed by atoms with van der Waals surface area (Å²) in [5, 5.41) is 1.31. The number of hydrogen-bond acceptors (Lipinski definition) is 4. The Kier molecular flexibility index (Phi) is 7.44. The molecule has 0 aliphatic carbocycles. The van der Waals surface area contributed by atoms with Crippen LogP contribution in [0.15, 0.2) is 84.3 Å². The standard InChI is InChI=1S/C30H33N3O3S/c1-24(34)32-20-14-27-12-13-29(22-30(27)32)33(37(35,36)21-17-25-8-4-2-5-9-25)28-15-18-31(19-16-28)23-26-10-6-3-7-11-26/h2-13,17,21-22,28H,14-16,18-20,23H2,1H3/b21-17+. The molecule has 2 heterocycles. The second-order valence-electron chi connectivity index (χ2n) is 9.78. The molecule has 1 amide bonds. The lowest BCUT2D eigenvalue weighted by molar-refractivity contribution is -0.116. The van der Waals surface area contributed by atoms with Crippen LogP contribution in [0.2, 0.25) is 0 Å². The minimum absolute atomic E-state index is 0.0245. The van der Waals surface area contributed by atoms with Crippen LogP contribution in [0.25, 0.3) is 6.08 Å². The number of rotatable bonds is 7. The van der Waals surface area contributed by atoms with Crippen molar-refractivity contribution >= 4 is 33.4 Å². The number of carbonyl (C=O) groups is 1. The molecule has 2 aliphatic heterocycles. The van der Waals surface area contributed by atoms with E-state index in [4.69, 9.17) is 0 Å². The van der Waals surface area contributed by atoms with E-state index in [0.29, 0.717) is 12.2 Å². The lowest BCUT2D eigenvalue weighted by atomic mass is 10.0. The fourth-order valence-corrected chi connectivity index (χ4v) is 6.84. The van der Waals surface area contributed by atoms with Gasteiger partial charge in [0, 0.05) is 44.8 Å². The Labute approximate surface area is 219 Å². The summed E-state index contributed by atoms with van der Waals surface area (Å²) in [6.07, 6.45) is 3.91. The van der Waals surface area contributed by atoms with Crippen LogP contribution >= 0.6 is 0 Å². The van der Waals surface area contributed by atoms with Crippen LogP contribution < -0.4 is 9.21 Å². The van der Waals surface area contributed by atoms with Gasteiger partial charge in [0.1, 0.15) is 0 Å². The smallest absolute Gasteiger partial charge is 0.257 e. The molecule has 37 heavy (non-hydrogen) atoms. The number of benzene rings is 3. The lowest BCUT2D eigenvalue weighted by Gasteiger charge is -2.38. The van der Waals surface area contributed by atoms with Crippen molar-refractivity contribution in [3.63, 3.8) is 0 Å². The molecule has 192 valence electrons. The zero-order chi connectivity index (χ0) is 25.8. The first-order chi connectivity index (χ1) is 17.9. The molecule has 0 spiro atoms. The Bertz CT molecular complexity index is 1370. The number of hydrogen-bond donors (Lipinski definition) is 0. The highest BCUT2D eigenvalue weighted by molar-refractivity contribution is 7.95. The van der Waals surface area contributed by atoms with Gasteiger partial charge in [-0.25, -0.2) is 8.42 Å². The summed E-state index contributed by atoms with van der Waals surface area (Å²) in [5.41, 5.74) is 4.61. The molecule has 0 aromatic heterocycles. The summed E-state index contributed by atoms with van der Waals surface area (Å²) >= 11 is 0. The van der Waals surface area contributed by atoms with Crippen molar-refractivity contribution in [1.29, 1.82) is 0 Å². The number of anilines is 2. The lowest BCUT2D eigenvalue weighted by Crippen LogP contribution is -2.47. The molecule has 7 heteroatoms. The molecule has 1 fully saturated rings. The van der Waals surface area contributed by atoms with Crippen LogP contribution in [-0.2, 0) is 27.8 Å². The van der Waals surface area contributed by atoms with Gasteiger partial charge in [0.2, 0.25) is 5.91 Å². The Balaban J connectivity index is 1.43. The van der Waals surface area contributed by atoms with Crippen LogP contribution in [0.1, 0.15) is 36.5 Å². The van der Waals surface area contributed by atoms with Crippen molar-refractivity contribution in [2.45, 2.75) is 38.8 Å². The third kappa shape index (κ3) is 5.78. The van der Waals surface area contributed by atoms with E-state index >= 15 is 0 Å². The molecule has 0 unspecified atom stereocenters. The molecule has 2 aliphatic rings. The number of amides is 1. The predicted molar refractivity (Wildman–Crippen MR) is 150 cm³/mol. The molecule has 1 saturated heterocycles. The summed E-state index contributed by atoms with van der Waals surface area (Å²) in [4.78, 5) is 16.3. The number of piperidine rings is 1. The average Bonchev–Trinajstić information content (AvgIpc) is 3.34. The van der Waals surface area contributed by atoms with Gasteiger partial charge in [-0.3, -0.25) is 14.0 Å². The molecular weight excluding hydrogens is 482 g/mol. The van der Waals surface area contributed by atoms with Gasteiger partial charge in [0.15, 0.2) is 0 Å². The normalized spacial score (nSPS) is 16.7. The first-order valence-electron chi connectivity index (χ1n) is 12.9. The SMILES string of the molecule is CC(=O)N1CCc2ccc(N(C3CCN(Cc4ccccc4)CC3)S(=O)(=O)/C=C/c3ccccc3)cc21. The Morgan fingerprint density at radius 2 is 1.62 bits per heavy atom. The molecule has 0 atom stereocenters. The number of sulfonamides is 1. The van der Waals surface area contributed by atoms with Crippen LogP contribution in [-0.4, -0.2) is 44.9 Å². The van der Waals surface area contributed by atoms with Crippen molar-refractivity contribution < 1.29 is 13.2 Å². The van der Waals surface area contributed by atoms with Gasteiger partial charge in [-0.1, -0.05) is 66.7 Å². The summed E-state index contributed by atoms with van der Waals surface area (Å²) in [5.74, 6) is -0.0245. The quantitative estimate of drug-likeness (QED) is 0.441. The molecule has 3 aromatic carbocycles. The van der Waals surface area contributed by atoms with E-state index in [-0.39, 0.29) is 11.9 Å². The van der Waals surface area contributed by atoms with E-state index < -0.39 is 10.0 Å². The summed E-state index contributed by atoms with van der Waals surface area (Å²) in [6, 6.07) is 25.4. The minimum Gasteiger partial charge on any atom is -0.312 e. The highest BCUT2D eigenvalue weighted by Gasteiger charge is 2.33. The fourth-order valence-electron chi connectivity index (χ4n) is 5.35.